The van der Waals surface area contributed by atoms with Gasteiger partial charge in [-0.3, -0.25) is 15.0 Å². The normalized spacial score (nSPS) is 14.8. The van der Waals surface area contributed by atoms with Gasteiger partial charge in [-0.15, -0.1) is 0 Å². The fourth-order valence-electron chi connectivity index (χ4n) is 1.88. The molecular weight excluding hydrogens is 310 g/mol. The predicted molar refractivity (Wildman–Crippen MR) is 93.9 cm³/mol. The number of nitrogens with two attached hydrogens (primary N) is 1. The van der Waals surface area contributed by atoms with Gasteiger partial charge in [0, 0.05) is 26.7 Å². The molecule has 2 rings (SSSR count). The zero-order valence-corrected chi connectivity index (χ0v) is 14.1. The number of anilines is 1. The van der Waals surface area contributed by atoms with Crippen molar-refractivity contribution < 1.29 is 14.7 Å². The quantitative estimate of drug-likeness (QED) is 0.429. The third-order valence-corrected chi connectivity index (χ3v) is 3.01. The number of carbonyl (C=O) groups is 2. The van der Waals surface area contributed by atoms with Gasteiger partial charge in [-0.1, -0.05) is 12.1 Å². The van der Waals surface area contributed by atoms with Gasteiger partial charge in [-0.25, -0.2) is 0 Å². The summed E-state index contributed by atoms with van der Waals surface area (Å²) in [5, 5.41) is 19.6. The van der Waals surface area contributed by atoms with Crippen molar-refractivity contribution in [2.24, 2.45) is 10.8 Å². The van der Waals surface area contributed by atoms with Gasteiger partial charge in [0.2, 0.25) is 5.96 Å². The number of carboxylic acids is 1. The number of hydrogen-bond donors (Lipinski definition) is 3. The largest absolute Gasteiger partial charge is 0.481 e. The van der Waals surface area contributed by atoms with Gasteiger partial charge in [0.1, 0.15) is 0 Å². The molecule has 0 aromatic heterocycles. The Balaban J connectivity index is 0.000000648. The molecule has 8 heteroatoms. The summed E-state index contributed by atoms with van der Waals surface area (Å²) in [5.41, 5.74) is 8.31. The van der Waals surface area contributed by atoms with Crippen LogP contribution in [0.3, 0.4) is 0 Å². The van der Waals surface area contributed by atoms with Gasteiger partial charge >= 0.3 is 0 Å². The van der Waals surface area contributed by atoms with Gasteiger partial charge in [0.25, 0.3) is 11.9 Å². The minimum absolute atomic E-state index is 0.369. The molecule has 1 heterocycles. The number of aliphatic carboxylic acids is 1. The highest BCUT2D eigenvalue weighted by molar-refractivity contribution is 6.29. The van der Waals surface area contributed by atoms with Crippen molar-refractivity contribution in [2.75, 3.05) is 19.0 Å². The molecule has 24 heavy (non-hydrogen) atoms. The molecule has 0 unspecified atom stereocenters. The molecule has 0 aliphatic carbocycles. The SMILES string of the molecule is CC(=O)O.CC1=NN(C(=N)N)C(=O)C1=Cc1ccc(N(C)C)cc1. The van der Waals surface area contributed by atoms with Crippen LogP contribution in [0.2, 0.25) is 0 Å². The number of rotatable bonds is 2. The molecule has 0 bridgehead atoms. The van der Waals surface area contributed by atoms with Crippen molar-refractivity contribution in [3.8, 4) is 0 Å². The molecule has 1 aliphatic rings. The Morgan fingerprint density at radius 1 is 1.33 bits per heavy atom. The van der Waals surface area contributed by atoms with Crippen molar-refractivity contribution in [3.05, 3.63) is 35.4 Å². The number of guanidine groups is 1. The van der Waals surface area contributed by atoms with Crippen LogP contribution in [0, 0.1) is 5.41 Å². The minimum Gasteiger partial charge on any atom is -0.481 e. The van der Waals surface area contributed by atoms with Gasteiger partial charge in [-0.05, 0) is 30.7 Å². The number of nitrogens with one attached hydrogen (secondary N) is 1. The molecule has 0 fully saturated rings. The summed E-state index contributed by atoms with van der Waals surface area (Å²) < 4.78 is 0. The molecule has 0 radical (unpaired) electrons. The number of hydrazone groups is 1. The maximum atomic E-state index is 12.1. The van der Waals surface area contributed by atoms with E-state index in [-0.39, 0.29) is 11.9 Å². The molecule has 0 atom stereocenters. The van der Waals surface area contributed by atoms with E-state index in [1.165, 1.54) is 0 Å². The lowest BCUT2D eigenvalue weighted by molar-refractivity contribution is -0.134. The second-order valence-electron chi connectivity index (χ2n) is 5.25. The van der Waals surface area contributed by atoms with Crippen molar-refractivity contribution in [3.63, 3.8) is 0 Å². The van der Waals surface area contributed by atoms with E-state index in [9.17, 15) is 4.79 Å². The number of carbonyl (C=O) groups excluding carboxylic acids is 1. The van der Waals surface area contributed by atoms with Gasteiger partial charge in [0.05, 0.1) is 11.3 Å². The molecule has 1 aliphatic heterocycles. The summed E-state index contributed by atoms with van der Waals surface area (Å²) in [4.78, 5) is 23.1. The van der Waals surface area contributed by atoms with Crippen molar-refractivity contribution in [1.82, 2.24) is 5.01 Å². The third-order valence-electron chi connectivity index (χ3n) is 3.01. The van der Waals surface area contributed by atoms with Crippen LogP contribution in [0.1, 0.15) is 19.4 Å². The summed E-state index contributed by atoms with van der Waals surface area (Å²) in [5.74, 6) is -1.58. The van der Waals surface area contributed by atoms with E-state index in [1.54, 1.807) is 13.0 Å². The highest BCUT2D eigenvalue weighted by Gasteiger charge is 2.29. The van der Waals surface area contributed by atoms with Crippen LogP contribution < -0.4 is 10.6 Å². The molecule has 8 nitrogen and oxygen atoms in total. The summed E-state index contributed by atoms with van der Waals surface area (Å²) in [6, 6.07) is 7.81. The van der Waals surface area contributed by atoms with Gasteiger partial charge < -0.3 is 15.7 Å². The number of benzene rings is 1. The average molecular weight is 331 g/mol. The monoisotopic (exact) mass is 331 g/mol. The molecular formula is C16H21N5O3. The van der Waals surface area contributed by atoms with Crippen LogP contribution >= 0.6 is 0 Å². The Kier molecular flexibility index (Phi) is 6.22. The summed E-state index contributed by atoms with van der Waals surface area (Å²) in [6.07, 6.45) is 1.75. The minimum atomic E-state index is -0.833. The maximum absolute atomic E-state index is 12.1. The zero-order valence-electron chi connectivity index (χ0n) is 14.1. The van der Waals surface area contributed by atoms with Gasteiger partial charge in [0.15, 0.2) is 0 Å². The molecule has 1 aromatic carbocycles. The summed E-state index contributed by atoms with van der Waals surface area (Å²) in [6.45, 7) is 2.81. The summed E-state index contributed by atoms with van der Waals surface area (Å²) in [7, 11) is 3.94. The Morgan fingerprint density at radius 2 is 1.83 bits per heavy atom. The molecule has 0 saturated carbocycles. The van der Waals surface area contributed by atoms with E-state index in [1.807, 2.05) is 43.3 Å². The Bertz CT molecular complexity index is 701. The molecule has 128 valence electrons. The van der Waals surface area contributed by atoms with Gasteiger partial charge in [-0.2, -0.15) is 10.1 Å². The van der Waals surface area contributed by atoms with Crippen molar-refractivity contribution in [1.29, 1.82) is 5.41 Å². The fourth-order valence-corrected chi connectivity index (χ4v) is 1.88. The number of hydrogen-bond acceptors (Lipinski definition) is 5. The molecule has 0 spiro atoms. The van der Waals surface area contributed by atoms with E-state index in [2.05, 4.69) is 5.10 Å². The fraction of sp³-hybridized carbons (Fsp3) is 0.250. The van der Waals surface area contributed by atoms with E-state index in [4.69, 9.17) is 21.0 Å². The first-order chi connectivity index (χ1) is 11.1. The van der Waals surface area contributed by atoms with Crippen LogP contribution in [0.25, 0.3) is 6.08 Å². The number of carboxylic acid groups (broad SMARTS) is 1. The predicted octanol–water partition coefficient (Wildman–Crippen LogP) is 1.34. The van der Waals surface area contributed by atoms with Crippen LogP contribution in [0.15, 0.2) is 34.9 Å². The lowest BCUT2D eigenvalue weighted by atomic mass is 10.1. The van der Waals surface area contributed by atoms with E-state index >= 15 is 0 Å². The second kappa shape index (κ2) is 7.91. The van der Waals surface area contributed by atoms with E-state index in [0.29, 0.717) is 11.3 Å². The first-order valence-electron chi connectivity index (χ1n) is 7.06. The highest BCUT2D eigenvalue weighted by atomic mass is 16.4. The first-order valence-corrected chi connectivity index (χ1v) is 7.06. The lowest BCUT2D eigenvalue weighted by Gasteiger charge is -2.12. The number of amides is 1. The molecule has 4 N–H and O–H groups in total. The second-order valence-corrected chi connectivity index (χ2v) is 5.25. The Labute approximate surface area is 140 Å². The highest BCUT2D eigenvalue weighted by Crippen LogP contribution is 2.19. The lowest BCUT2D eigenvalue weighted by Crippen LogP contribution is -2.34. The molecule has 1 aromatic rings. The number of nitrogens with zero attached hydrogens (tertiary/aromatic N) is 3. The van der Waals surface area contributed by atoms with Crippen LogP contribution in [-0.4, -0.2) is 47.8 Å². The van der Waals surface area contributed by atoms with E-state index in [0.717, 1.165) is 23.2 Å². The van der Waals surface area contributed by atoms with Crippen LogP contribution in [-0.2, 0) is 9.59 Å². The Morgan fingerprint density at radius 3 is 2.21 bits per heavy atom. The zero-order chi connectivity index (χ0) is 18.4. The maximum Gasteiger partial charge on any atom is 0.300 e. The average Bonchev–Trinajstić information content (AvgIpc) is 2.75. The molecule has 0 saturated heterocycles. The van der Waals surface area contributed by atoms with Crippen molar-refractivity contribution in [2.45, 2.75) is 13.8 Å². The Hall–Kier alpha value is -3.16. The van der Waals surface area contributed by atoms with Crippen LogP contribution in [0.5, 0.6) is 0 Å². The van der Waals surface area contributed by atoms with Crippen LogP contribution in [0.4, 0.5) is 5.69 Å². The molecule has 1 amide bonds. The van der Waals surface area contributed by atoms with Crippen molar-refractivity contribution >= 4 is 35.3 Å². The summed E-state index contributed by atoms with van der Waals surface area (Å²) >= 11 is 0. The topological polar surface area (TPSA) is 123 Å². The third kappa shape index (κ3) is 4.94. The standard InChI is InChI=1S/C14H17N5O.C2H4O2/c1-9-12(13(20)19(17-9)14(15)16)8-10-4-6-11(7-5-10)18(2)3;1-2(3)4/h4-8H,1-3H3,(H3,15,16);1H3,(H,3,4). The first kappa shape index (κ1) is 18.9. The van der Waals surface area contributed by atoms with E-state index < -0.39 is 5.97 Å². The smallest absolute Gasteiger partial charge is 0.300 e.